The number of rotatable bonds is 4. The average molecular weight is 325 g/mol. The predicted octanol–water partition coefficient (Wildman–Crippen LogP) is 2.87. The number of carbonyl (C=O) groups is 2. The van der Waals surface area contributed by atoms with E-state index in [-0.39, 0.29) is 5.69 Å². The van der Waals surface area contributed by atoms with Crippen LogP contribution >= 0.6 is 23.2 Å². The number of benzene rings is 1. The molecule has 0 spiro atoms. The molecule has 0 aliphatic rings. The molecule has 0 unspecified atom stereocenters. The van der Waals surface area contributed by atoms with Crippen LogP contribution in [0, 0.1) is 0 Å². The van der Waals surface area contributed by atoms with Crippen LogP contribution in [0.3, 0.4) is 0 Å². The van der Waals surface area contributed by atoms with E-state index in [2.05, 4.69) is 10.3 Å². The number of nitrogens with zero attached hydrogens (tertiary/aromatic N) is 1. The first-order valence-corrected chi connectivity index (χ1v) is 6.64. The Kier molecular flexibility index (Phi) is 4.77. The molecule has 1 aromatic heterocycles. The van der Waals surface area contributed by atoms with Gasteiger partial charge in [-0.3, -0.25) is 9.59 Å². The van der Waals surface area contributed by atoms with Crippen molar-refractivity contribution in [2.75, 3.05) is 6.54 Å². The molecule has 0 atom stereocenters. The summed E-state index contributed by atoms with van der Waals surface area (Å²) in [7, 11) is 0. The molecular weight excluding hydrogens is 315 g/mol. The fourth-order valence-electron chi connectivity index (χ4n) is 1.74. The second kappa shape index (κ2) is 6.56. The summed E-state index contributed by atoms with van der Waals surface area (Å²) in [5.41, 5.74) is 1.23. The second-order valence-electron chi connectivity index (χ2n) is 4.14. The van der Waals surface area contributed by atoms with Crippen molar-refractivity contribution in [1.82, 2.24) is 10.3 Å². The van der Waals surface area contributed by atoms with Crippen molar-refractivity contribution in [2.24, 2.45) is 0 Å². The maximum absolute atomic E-state index is 12.0. The van der Waals surface area contributed by atoms with Crippen LogP contribution in [0.4, 0.5) is 0 Å². The molecule has 0 saturated heterocycles. The first-order valence-electron chi connectivity index (χ1n) is 5.89. The number of amides is 1. The van der Waals surface area contributed by atoms with E-state index in [0.717, 1.165) is 0 Å². The molecule has 7 heteroatoms. The maximum atomic E-state index is 12.0. The van der Waals surface area contributed by atoms with Gasteiger partial charge >= 0.3 is 5.97 Å². The zero-order chi connectivity index (χ0) is 15.4. The highest BCUT2D eigenvalue weighted by atomic mass is 35.5. The van der Waals surface area contributed by atoms with Crippen molar-refractivity contribution in [3.8, 4) is 11.1 Å². The van der Waals surface area contributed by atoms with Gasteiger partial charge in [0.05, 0.1) is 5.02 Å². The SMILES string of the molecule is O=C(O)CNC(=O)c1ncc(Cl)cc1-c1cccc(Cl)c1. The van der Waals surface area contributed by atoms with Gasteiger partial charge in [-0.2, -0.15) is 0 Å². The number of hydrogen-bond acceptors (Lipinski definition) is 3. The third kappa shape index (κ3) is 3.93. The summed E-state index contributed by atoms with van der Waals surface area (Å²) in [6.07, 6.45) is 1.32. The normalized spacial score (nSPS) is 10.2. The summed E-state index contributed by atoms with van der Waals surface area (Å²) in [6, 6.07) is 8.44. The molecule has 5 nitrogen and oxygen atoms in total. The lowest BCUT2D eigenvalue weighted by atomic mass is 10.0. The van der Waals surface area contributed by atoms with Gasteiger partial charge in [-0.15, -0.1) is 0 Å². The van der Waals surface area contributed by atoms with Crippen molar-refractivity contribution in [3.05, 3.63) is 52.3 Å². The van der Waals surface area contributed by atoms with Gasteiger partial charge in [-0.1, -0.05) is 35.3 Å². The summed E-state index contributed by atoms with van der Waals surface area (Å²) in [5.74, 6) is -1.73. The minimum atomic E-state index is -1.14. The lowest BCUT2D eigenvalue weighted by Gasteiger charge is -2.09. The Bertz CT molecular complexity index is 704. The molecule has 2 N–H and O–H groups in total. The number of aliphatic carboxylic acids is 1. The van der Waals surface area contributed by atoms with Gasteiger partial charge in [-0.05, 0) is 23.8 Å². The topological polar surface area (TPSA) is 79.3 Å². The highest BCUT2D eigenvalue weighted by Crippen LogP contribution is 2.27. The van der Waals surface area contributed by atoms with Crippen molar-refractivity contribution < 1.29 is 14.7 Å². The molecule has 0 aliphatic carbocycles. The Labute approximate surface area is 130 Å². The van der Waals surface area contributed by atoms with Crippen molar-refractivity contribution in [2.45, 2.75) is 0 Å². The van der Waals surface area contributed by atoms with Crippen molar-refractivity contribution >= 4 is 35.1 Å². The molecule has 1 aromatic carbocycles. The molecule has 0 fully saturated rings. The van der Waals surface area contributed by atoms with E-state index in [0.29, 0.717) is 21.2 Å². The average Bonchev–Trinajstić information content (AvgIpc) is 2.44. The van der Waals surface area contributed by atoms with Gasteiger partial charge in [0, 0.05) is 16.8 Å². The van der Waals surface area contributed by atoms with Gasteiger partial charge in [0.1, 0.15) is 12.2 Å². The molecule has 108 valence electrons. The van der Waals surface area contributed by atoms with Crippen molar-refractivity contribution in [1.29, 1.82) is 0 Å². The lowest BCUT2D eigenvalue weighted by molar-refractivity contribution is -0.135. The third-order valence-electron chi connectivity index (χ3n) is 2.61. The molecule has 1 heterocycles. The van der Waals surface area contributed by atoms with Crippen molar-refractivity contribution in [3.63, 3.8) is 0 Å². The first kappa shape index (κ1) is 15.3. The zero-order valence-corrected chi connectivity index (χ0v) is 12.1. The minimum absolute atomic E-state index is 0.0860. The van der Waals surface area contributed by atoms with Gasteiger partial charge in [0.2, 0.25) is 0 Å². The van der Waals surface area contributed by atoms with Crippen LogP contribution in [-0.4, -0.2) is 28.5 Å². The largest absolute Gasteiger partial charge is 0.480 e. The van der Waals surface area contributed by atoms with Crippen LogP contribution in [0.15, 0.2) is 36.5 Å². The number of carboxylic acid groups (broad SMARTS) is 1. The quantitative estimate of drug-likeness (QED) is 0.906. The fraction of sp³-hybridized carbons (Fsp3) is 0.0714. The monoisotopic (exact) mass is 324 g/mol. The maximum Gasteiger partial charge on any atom is 0.322 e. The van der Waals surface area contributed by atoms with Gasteiger partial charge < -0.3 is 10.4 Å². The van der Waals surface area contributed by atoms with E-state index in [1.54, 1.807) is 30.3 Å². The minimum Gasteiger partial charge on any atom is -0.480 e. The van der Waals surface area contributed by atoms with Gasteiger partial charge in [-0.25, -0.2) is 4.98 Å². The Morgan fingerprint density at radius 2 is 1.95 bits per heavy atom. The molecular formula is C14H10Cl2N2O3. The number of halogens is 2. The molecule has 0 saturated carbocycles. The smallest absolute Gasteiger partial charge is 0.322 e. The highest BCUT2D eigenvalue weighted by molar-refractivity contribution is 6.31. The summed E-state index contributed by atoms with van der Waals surface area (Å²) < 4.78 is 0. The fourth-order valence-corrected chi connectivity index (χ4v) is 2.08. The Morgan fingerprint density at radius 1 is 1.19 bits per heavy atom. The Morgan fingerprint density at radius 3 is 2.62 bits per heavy atom. The van der Waals surface area contributed by atoms with E-state index in [1.807, 2.05) is 0 Å². The third-order valence-corrected chi connectivity index (χ3v) is 3.05. The van der Waals surface area contributed by atoms with Gasteiger partial charge in [0.15, 0.2) is 0 Å². The number of nitrogens with one attached hydrogen (secondary N) is 1. The number of hydrogen-bond donors (Lipinski definition) is 2. The second-order valence-corrected chi connectivity index (χ2v) is 5.01. The molecule has 1 amide bonds. The van der Waals surface area contributed by atoms with Crippen LogP contribution in [0.2, 0.25) is 10.0 Å². The van der Waals surface area contributed by atoms with E-state index < -0.39 is 18.4 Å². The summed E-state index contributed by atoms with van der Waals surface area (Å²) in [4.78, 5) is 26.5. The Balaban J connectivity index is 2.43. The van der Waals surface area contributed by atoms with E-state index in [1.165, 1.54) is 6.20 Å². The standard InChI is InChI=1S/C14H10Cl2N2O3/c15-9-3-1-2-8(4-9)11-5-10(16)6-17-13(11)14(21)18-7-12(19)20/h1-6H,7H2,(H,18,21)(H,19,20). The van der Waals surface area contributed by atoms with Crippen LogP contribution in [0.5, 0.6) is 0 Å². The number of carboxylic acids is 1. The molecule has 2 rings (SSSR count). The highest BCUT2D eigenvalue weighted by Gasteiger charge is 2.16. The number of aromatic nitrogens is 1. The molecule has 2 aromatic rings. The van der Waals surface area contributed by atoms with E-state index in [9.17, 15) is 9.59 Å². The van der Waals surface area contributed by atoms with Crippen LogP contribution in [0.25, 0.3) is 11.1 Å². The zero-order valence-electron chi connectivity index (χ0n) is 10.6. The first-order chi connectivity index (χ1) is 9.97. The number of carbonyl (C=O) groups excluding carboxylic acids is 1. The van der Waals surface area contributed by atoms with E-state index >= 15 is 0 Å². The molecule has 0 bridgehead atoms. The summed E-state index contributed by atoms with van der Waals surface area (Å²) >= 11 is 11.9. The predicted molar refractivity (Wildman–Crippen MR) is 79.7 cm³/mol. The Hall–Kier alpha value is -2.11. The van der Waals surface area contributed by atoms with Crippen LogP contribution in [0.1, 0.15) is 10.5 Å². The summed E-state index contributed by atoms with van der Waals surface area (Å²) in [6.45, 7) is -0.488. The van der Waals surface area contributed by atoms with Crippen LogP contribution in [-0.2, 0) is 4.79 Å². The van der Waals surface area contributed by atoms with Gasteiger partial charge in [0.25, 0.3) is 5.91 Å². The van der Waals surface area contributed by atoms with Crippen LogP contribution < -0.4 is 5.32 Å². The molecule has 21 heavy (non-hydrogen) atoms. The molecule has 0 aliphatic heterocycles. The summed E-state index contributed by atoms with van der Waals surface area (Å²) in [5, 5.41) is 11.7. The van der Waals surface area contributed by atoms with E-state index in [4.69, 9.17) is 28.3 Å². The molecule has 0 radical (unpaired) electrons. The lowest BCUT2D eigenvalue weighted by Crippen LogP contribution is -2.30. The number of pyridine rings is 1.